The molecule has 0 saturated carbocycles. The van der Waals surface area contributed by atoms with Crippen molar-refractivity contribution in [3.05, 3.63) is 35.6 Å². The molecule has 0 bridgehead atoms. The Morgan fingerprint density at radius 3 is 2.16 bits per heavy atom. The first kappa shape index (κ1) is 16.1. The van der Waals surface area contributed by atoms with Crippen molar-refractivity contribution in [1.29, 1.82) is 0 Å². The molecule has 0 fully saturated rings. The second-order valence-electron chi connectivity index (χ2n) is 5.70. The maximum absolute atomic E-state index is 12.9. The van der Waals surface area contributed by atoms with E-state index >= 15 is 0 Å². The minimum atomic E-state index is -3.15. The van der Waals surface area contributed by atoms with Crippen LogP contribution in [0.3, 0.4) is 0 Å². The van der Waals surface area contributed by atoms with E-state index in [0.717, 1.165) is 5.56 Å². The van der Waals surface area contributed by atoms with Gasteiger partial charge in [-0.1, -0.05) is 12.1 Å². The molecule has 3 nitrogen and oxygen atoms in total. The van der Waals surface area contributed by atoms with Gasteiger partial charge in [-0.05, 0) is 57.4 Å². The van der Waals surface area contributed by atoms with Crippen LogP contribution < -0.4 is 5.73 Å². The Morgan fingerprint density at radius 2 is 1.74 bits per heavy atom. The van der Waals surface area contributed by atoms with Crippen LogP contribution in [0.25, 0.3) is 0 Å². The summed E-state index contributed by atoms with van der Waals surface area (Å²) in [5.74, 6) is -0.269. The highest BCUT2D eigenvalue weighted by Gasteiger charge is 2.29. The molecule has 0 heterocycles. The molecule has 5 heteroatoms. The Hall–Kier alpha value is -0.940. The summed E-state index contributed by atoms with van der Waals surface area (Å²) in [5.41, 5.74) is 6.58. The fourth-order valence-electron chi connectivity index (χ4n) is 1.76. The number of nitrogens with two attached hydrogens (primary N) is 1. The molecule has 1 aromatic carbocycles. The third-order valence-electron chi connectivity index (χ3n) is 3.29. The van der Waals surface area contributed by atoms with Gasteiger partial charge in [0.15, 0.2) is 9.84 Å². The van der Waals surface area contributed by atoms with Gasteiger partial charge in [-0.15, -0.1) is 0 Å². The maximum Gasteiger partial charge on any atom is 0.155 e. The summed E-state index contributed by atoms with van der Waals surface area (Å²) in [6, 6.07) is 6.07. The van der Waals surface area contributed by atoms with Gasteiger partial charge in [-0.3, -0.25) is 0 Å². The van der Waals surface area contributed by atoms with Gasteiger partial charge in [0, 0.05) is 0 Å². The lowest BCUT2D eigenvalue weighted by molar-refractivity contribution is 0.551. The minimum Gasteiger partial charge on any atom is -0.330 e. The topological polar surface area (TPSA) is 60.2 Å². The Labute approximate surface area is 114 Å². The molecule has 0 aliphatic heterocycles. The standard InChI is InChI=1S/C14H22FNO2S/c1-14(2,3)19(17,18)9-8-12(10-16)11-4-6-13(15)7-5-11/h4-7,12H,8-10,16H2,1-3H3. The SMILES string of the molecule is CC(C)(C)S(=O)(=O)CCC(CN)c1ccc(F)cc1. The first-order chi connectivity index (χ1) is 8.67. The van der Waals surface area contributed by atoms with Crippen LogP contribution >= 0.6 is 0 Å². The van der Waals surface area contributed by atoms with Crippen LogP contribution in [0.5, 0.6) is 0 Å². The van der Waals surface area contributed by atoms with E-state index in [4.69, 9.17) is 5.73 Å². The van der Waals surface area contributed by atoms with Crippen molar-refractivity contribution in [2.24, 2.45) is 5.73 Å². The Balaban J connectivity index is 2.77. The third kappa shape index (κ3) is 4.28. The van der Waals surface area contributed by atoms with E-state index in [1.54, 1.807) is 32.9 Å². The lowest BCUT2D eigenvalue weighted by Crippen LogP contribution is -2.31. The highest BCUT2D eigenvalue weighted by atomic mass is 32.2. The molecule has 19 heavy (non-hydrogen) atoms. The monoisotopic (exact) mass is 287 g/mol. The van der Waals surface area contributed by atoms with Crippen LogP contribution in [-0.4, -0.2) is 25.5 Å². The average Bonchev–Trinajstić information content (AvgIpc) is 2.30. The summed E-state index contributed by atoms with van der Waals surface area (Å²) in [6.07, 6.45) is 0.460. The second kappa shape index (κ2) is 6.01. The minimum absolute atomic E-state index is 0.0577. The van der Waals surface area contributed by atoms with E-state index in [1.807, 2.05) is 0 Å². The second-order valence-corrected chi connectivity index (χ2v) is 8.57. The third-order valence-corrected chi connectivity index (χ3v) is 5.93. The smallest absolute Gasteiger partial charge is 0.155 e. The van der Waals surface area contributed by atoms with Crippen molar-refractivity contribution in [1.82, 2.24) is 0 Å². The van der Waals surface area contributed by atoms with E-state index in [9.17, 15) is 12.8 Å². The van der Waals surface area contributed by atoms with Crippen molar-refractivity contribution >= 4 is 9.84 Å². The van der Waals surface area contributed by atoms with Crippen LogP contribution in [-0.2, 0) is 9.84 Å². The van der Waals surface area contributed by atoms with E-state index in [0.29, 0.717) is 13.0 Å². The van der Waals surface area contributed by atoms with Crippen LogP contribution in [0, 0.1) is 5.82 Å². The van der Waals surface area contributed by atoms with Gasteiger partial charge in [-0.2, -0.15) is 0 Å². The molecule has 108 valence electrons. The Morgan fingerprint density at radius 1 is 1.21 bits per heavy atom. The molecule has 1 unspecified atom stereocenters. The fraction of sp³-hybridized carbons (Fsp3) is 0.571. The van der Waals surface area contributed by atoms with Crippen LogP contribution in [0.1, 0.15) is 38.7 Å². The predicted octanol–water partition coefficient (Wildman–Crippen LogP) is 2.47. The number of hydrogen-bond acceptors (Lipinski definition) is 3. The van der Waals surface area contributed by atoms with Gasteiger partial charge in [-0.25, -0.2) is 12.8 Å². The number of benzene rings is 1. The lowest BCUT2D eigenvalue weighted by atomic mass is 9.97. The first-order valence-corrected chi connectivity index (χ1v) is 8.00. The Bertz CT molecular complexity index is 503. The molecule has 1 atom stereocenters. The molecule has 0 radical (unpaired) electrons. The summed E-state index contributed by atoms with van der Waals surface area (Å²) < 4.78 is 36.2. The molecule has 1 aromatic rings. The molecule has 1 rings (SSSR count). The largest absolute Gasteiger partial charge is 0.330 e. The van der Waals surface area contributed by atoms with Crippen molar-refractivity contribution < 1.29 is 12.8 Å². The number of halogens is 1. The summed E-state index contributed by atoms with van der Waals surface area (Å²) in [7, 11) is -3.15. The number of sulfone groups is 1. The summed E-state index contributed by atoms with van der Waals surface area (Å²) in [4.78, 5) is 0. The number of hydrogen-bond donors (Lipinski definition) is 1. The van der Waals surface area contributed by atoms with E-state index in [2.05, 4.69) is 0 Å². The molecular weight excluding hydrogens is 265 g/mol. The van der Waals surface area contributed by atoms with Gasteiger partial charge in [0.2, 0.25) is 0 Å². The van der Waals surface area contributed by atoms with Crippen LogP contribution in [0.4, 0.5) is 4.39 Å². The number of rotatable bonds is 5. The lowest BCUT2D eigenvalue weighted by Gasteiger charge is -2.21. The molecule has 0 aliphatic carbocycles. The summed E-state index contributed by atoms with van der Waals surface area (Å²) in [5, 5.41) is 0. The van der Waals surface area contributed by atoms with Crippen molar-refractivity contribution in [3.8, 4) is 0 Å². The van der Waals surface area contributed by atoms with Crippen molar-refractivity contribution in [3.63, 3.8) is 0 Å². The normalized spacial score (nSPS) is 14.4. The van der Waals surface area contributed by atoms with E-state index in [-0.39, 0.29) is 17.5 Å². The Kier molecular flexibility index (Phi) is 5.10. The summed E-state index contributed by atoms with van der Waals surface area (Å²) in [6.45, 7) is 5.43. The van der Waals surface area contributed by atoms with E-state index in [1.165, 1.54) is 12.1 Å². The predicted molar refractivity (Wildman–Crippen MR) is 76.4 cm³/mol. The first-order valence-electron chi connectivity index (χ1n) is 6.35. The molecule has 0 aromatic heterocycles. The van der Waals surface area contributed by atoms with Gasteiger partial charge in [0.1, 0.15) is 5.82 Å². The quantitative estimate of drug-likeness (QED) is 0.905. The molecule has 0 aliphatic rings. The maximum atomic E-state index is 12.9. The zero-order valence-corrected chi connectivity index (χ0v) is 12.5. The van der Waals surface area contributed by atoms with Crippen LogP contribution in [0.2, 0.25) is 0 Å². The molecule has 2 N–H and O–H groups in total. The highest BCUT2D eigenvalue weighted by Crippen LogP contribution is 2.23. The molecule has 0 saturated heterocycles. The zero-order valence-electron chi connectivity index (χ0n) is 11.7. The van der Waals surface area contributed by atoms with Gasteiger partial charge < -0.3 is 5.73 Å². The molecule has 0 amide bonds. The van der Waals surface area contributed by atoms with E-state index < -0.39 is 14.6 Å². The van der Waals surface area contributed by atoms with Gasteiger partial charge in [0.05, 0.1) is 10.5 Å². The zero-order chi connectivity index (χ0) is 14.7. The summed E-state index contributed by atoms with van der Waals surface area (Å²) >= 11 is 0. The van der Waals surface area contributed by atoms with Crippen LogP contribution in [0.15, 0.2) is 24.3 Å². The molecular formula is C14H22FNO2S. The fourth-order valence-corrected chi connectivity index (χ4v) is 2.97. The van der Waals surface area contributed by atoms with Crippen molar-refractivity contribution in [2.45, 2.75) is 37.9 Å². The molecule has 0 spiro atoms. The van der Waals surface area contributed by atoms with Crippen molar-refractivity contribution in [2.75, 3.05) is 12.3 Å². The average molecular weight is 287 g/mol. The van der Waals surface area contributed by atoms with Gasteiger partial charge in [0.25, 0.3) is 0 Å². The highest BCUT2D eigenvalue weighted by molar-refractivity contribution is 7.92. The van der Waals surface area contributed by atoms with Gasteiger partial charge >= 0.3 is 0 Å².